The zero-order chi connectivity index (χ0) is 17.8. The van der Waals surface area contributed by atoms with Crippen LogP contribution in [0.3, 0.4) is 0 Å². The van der Waals surface area contributed by atoms with E-state index >= 15 is 0 Å². The van der Waals surface area contributed by atoms with E-state index in [2.05, 4.69) is 15.6 Å². The van der Waals surface area contributed by atoms with Crippen molar-refractivity contribution in [3.8, 4) is 16.9 Å². The molecule has 2 atom stereocenters. The molecule has 8 heteroatoms. The Morgan fingerprint density at radius 2 is 2.32 bits per heavy atom. The summed E-state index contributed by atoms with van der Waals surface area (Å²) in [4.78, 5) is 15.9. The van der Waals surface area contributed by atoms with Crippen molar-refractivity contribution in [2.24, 2.45) is 12.2 Å². The van der Waals surface area contributed by atoms with Crippen LogP contribution in [-0.4, -0.2) is 45.4 Å². The number of nitrogens with one attached hydrogen (secondary N) is 1. The number of benzene rings is 1. The van der Waals surface area contributed by atoms with E-state index in [9.17, 15) is 4.79 Å². The molecule has 2 aromatic rings. The van der Waals surface area contributed by atoms with Crippen molar-refractivity contribution in [1.82, 2.24) is 15.1 Å². The molecule has 2 N–H and O–H groups in total. The highest BCUT2D eigenvalue weighted by Gasteiger charge is 2.28. The van der Waals surface area contributed by atoms with Crippen LogP contribution >= 0.6 is 0 Å². The third-order valence-electron chi connectivity index (χ3n) is 3.94. The van der Waals surface area contributed by atoms with Crippen molar-refractivity contribution in [2.75, 3.05) is 6.54 Å². The molecule has 0 bridgehead atoms. The minimum absolute atomic E-state index is 0.158. The molecule has 0 spiro atoms. The Hall–Kier alpha value is -3.03. The molecule has 1 aliphatic heterocycles. The molecule has 0 radical (unpaired) electrons. The lowest BCUT2D eigenvalue weighted by molar-refractivity contribution is 0.00426. The summed E-state index contributed by atoms with van der Waals surface area (Å²) in [6.45, 7) is 2.07. The van der Waals surface area contributed by atoms with Gasteiger partial charge in [-0.15, -0.1) is 0 Å². The zero-order valence-electron chi connectivity index (χ0n) is 14.0. The van der Waals surface area contributed by atoms with E-state index in [1.165, 1.54) is 0 Å². The van der Waals surface area contributed by atoms with Crippen LogP contribution in [0.1, 0.15) is 13.3 Å². The fourth-order valence-corrected chi connectivity index (χ4v) is 2.63. The maximum Gasteiger partial charge on any atom is 0.404 e. The number of aryl methyl sites for hydroxylation is 1. The smallest absolute Gasteiger partial charge is 0.404 e. The Bertz CT molecular complexity index is 786. The number of amides is 1. The lowest BCUT2D eigenvalue weighted by Gasteiger charge is -2.20. The van der Waals surface area contributed by atoms with Crippen LogP contribution in [0, 0.1) is 0 Å². The summed E-state index contributed by atoms with van der Waals surface area (Å²) in [5.74, 6) is 0.740. The van der Waals surface area contributed by atoms with Crippen molar-refractivity contribution < 1.29 is 19.5 Å². The van der Waals surface area contributed by atoms with Crippen LogP contribution in [0.5, 0.6) is 5.75 Å². The maximum atomic E-state index is 10.5. The quantitative estimate of drug-likeness (QED) is 0.838. The van der Waals surface area contributed by atoms with E-state index in [-0.39, 0.29) is 18.8 Å². The van der Waals surface area contributed by atoms with E-state index in [4.69, 9.17) is 14.7 Å². The number of rotatable bonds is 6. The van der Waals surface area contributed by atoms with Gasteiger partial charge in [0.05, 0.1) is 18.5 Å². The molecule has 0 saturated heterocycles. The Morgan fingerprint density at radius 1 is 1.52 bits per heavy atom. The van der Waals surface area contributed by atoms with E-state index in [0.29, 0.717) is 12.1 Å². The molecule has 1 aromatic heterocycles. The van der Waals surface area contributed by atoms with Gasteiger partial charge in [-0.1, -0.05) is 23.4 Å². The minimum atomic E-state index is -1.08. The van der Waals surface area contributed by atoms with Crippen molar-refractivity contribution in [3.05, 3.63) is 36.7 Å². The average molecular weight is 344 g/mol. The number of para-hydroxylation sites is 1. The molecular weight excluding hydrogens is 324 g/mol. The summed E-state index contributed by atoms with van der Waals surface area (Å²) in [6.07, 6.45) is 2.66. The number of hydrogen-bond donors (Lipinski definition) is 2. The summed E-state index contributed by atoms with van der Waals surface area (Å²) in [6, 6.07) is 7.75. The second-order valence-electron chi connectivity index (χ2n) is 5.89. The fraction of sp³-hybridized carbons (Fsp3) is 0.353. The molecule has 1 aliphatic rings. The Balaban J connectivity index is 1.65. The van der Waals surface area contributed by atoms with Gasteiger partial charge in [-0.05, 0) is 13.0 Å². The molecule has 0 saturated carbocycles. The number of carbonyl (C=O) groups is 1. The Kier molecular flexibility index (Phi) is 4.87. The van der Waals surface area contributed by atoms with Gasteiger partial charge in [-0.2, -0.15) is 5.10 Å². The largest absolute Gasteiger partial charge is 0.486 e. The Labute approximate surface area is 145 Å². The van der Waals surface area contributed by atoms with Gasteiger partial charge in [-0.25, -0.2) is 4.79 Å². The van der Waals surface area contributed by atoms with Crippen LogP contribution in [0.15, 0.2) is 41.8 Å². The van der Waals surface area contributed by atoms with Crippen molar-refractivity contribution in [1.29, 1.82) is 0 Å². The van der Waals surface area contributed by atoms with Crippen molar-refractivity contribution in [2.45, 2.75) is 25.6 Å². The molecule has 8 nitrogen and oxygen atoms in total. The third-order valence-corrected chi connectivity index (χ3v) is 3.94. The lowest BCUT2D eigenvalue weighted by atomic mass is 10.1. The predicted molar refractivity (Wildman–Crippen MR) is 91.7 cm³/mol. The molecule has 2 heterocycles. The fourth-order valence-electron chi connectivity index (χ4n) is 2.63. The number of nitrogens with zero attached hydrogens (tertiary/aromatic N) is 3. The second kappa shape index (κ2) is 7.25. The van der Waals surface area contributed by atoms with Gasteiger partial charge in [0.2, 0.25) is 0 Å². The highest BCUT2D eigenvalue weighted by atomic mass is 16.7. The first-order valence-electron chi connectivity index (χ1n) is 7.96. The summed E-state index contributed by atoms with van der Waals surface area (Å²) in [5.41, 5.74) is 2.58. The van der Waals surface area contributed by atoms with Gasteiger partial charge in [0.1, 0.15) is 11.9 Å². The van der Waals surface area contributed by atoms with E-state index < -0.39 is 6.09 Å². The SMILES string of the molecule is CC(Oc1ccccc1-c1cnn(C)c1)C1CC(CNC(=O)O)=NO1. The van der Waals surface area contributed by atoms with Crippen LogP contribution in [0.25, 0.3) is 11.1 Å². The van der Waals surface area contributed by atoms with Crippen LogP contribution in [0.4, 0.5) is 4.79 Å². The number of carboxylic acid groups (broad SMARTS) is 1. The second-order valence-corrected chi connectivity index (χ2v) is 5.89. The van der Waals surface area contributed by atoms with Crippen molar-refractivity contribution >= 4 is 11.8 Å². The molecule has 0 fully saturated rings. The third kappa shape index (κ3) is 4.09. The van der Waals surface area contributed by atoms with Gasteiger partial charge < -0.3 is 20.0 Å². The monoisotopic (exact) mass is 344 g/mol. The average Bonchev–Trinajstić information content (AvgIpc) is 3.22. The summed E-state index contributed by atoms with van der Waals surface area (Å²) >= 11 is 0. The molecule has 2 unspecified atom stereocenters. The maximum absolute atomic E-state index is 10.5. The van der Waals surface area contributed by atoms with Gasteiger partial charge in [0.25, 0.3) is 0 Å². The lowest BCUT2D eigenvalue weighted by Crippen LogP contribution is -2.32. The van der Waals surface area contributed by atoms with Crippen molar-refractivity contribution in [3.63, 3.8) is 0 Å². The molecule has 1 amide bonds. The van der Waals surface area contributed by atoms with Crippen LogP contribution in [0.2, 0.25) is 0 Å². The van der Waals surface area contributed by atoms with Gasteiger partial charge in [-0.3, -0.25) is 4.68 Å². The Morgan fingerprint density at radius 3 is 3.04 bits per heavy atom. The highest BCUT2D eigenvalue weighted by Crippen LogP contribution is 2.31. The predicted octanol–water partition coefficient (Wildman–Crippen LogP) is 2.27. The molecular formula is C17H20N4O4. The summed E-state index contributed by atoms with van der Waals surface area (Å²) in [5, 5.41) is 19.1. The number of oxime groups is 1. The minimum Gasteiger partial charge on any atom is -0.486 e. The summed E-state index contributed by atoms with van der Waals surface area (Å²) in [7, 11) is 1.87. The van der Waals surface area contributed by atoms with E-state index in [0.717, 1.165) is 16.9 Å². The van der Waals surface area contributed by atoms with Crippen LogP contribution in [-0.2, 0) is 11.9 Å². The number of ether oxygens (including phenoxy) is 1. The number of hydrogen-bond acceptors (Lipinski definition) is 5. The summed E-state index contributed by atoms with van der Waals surface area (Å²) < 4.78 is 7.84. The van der Waals surface area contributed by atoms with Gasteiger partial charge in [0.15, 0.2) is 6.10 Å². The van der Waals surface area contributed by atoms with Gasteiger partial charge >= 0.3 is 6.09 Å². The molecule has 0 aliphatic carbocycles. The van der Waals surface area contributed by atoms with E-state index in [1.54, 1.807) is 10.9 Å². The number of aromatic nitrogens is 2. The first-order chi connectivity index (χ1) is 12.0. The topological polar surface area (TPSA) is 98.0 Å². The molecule has 1 aromatic carbocycles. The molecule has 132 valence electrons. The van der Waals surface area contributed by atoms with Crippen LogP contribution < -0.4 is 10.1 Å². The first kappa shape index (κ1) is 16.8. The molecule has 3 rings (SSSR count). The highest BCUT2D eigenvalue weighted by molar-refractivity contribution is 5.89. The molecule has 25 heavy (non-hydrogen) atoms. The first-order valence-corrected chi connectivity index (χ1v) is 7.96. The van der Waals surface area contributed by atoms with E-state index in [1.807, 2.05) is 44.4 Å². The van der Waals surface area contributed by atoms with Gasteiger partial charge in [0, 0.05) is 30.8 Å². The zero-order valence-corrected chi connectivity index (χ0v) is 14.0. The standard InChI is InChI=1S/C17H20N4O4/c1-11(16-7-13(20-25-16)9-18-17(22)23)24-15-6-4-3-5-14(15)12-8-19-21(2)10-12/h3-6,8,10-11,16,18H,7,9H2,1-2H3,(H,22,23). The normalized spacial score (nSPS) is 17.5.